The van der Waals surface area contributed by atoms with Crippen LogP contribution in [0.3, 0.4) is 0 Å². The van der Waals surface area contributed by atoms with Gasteiger partial charge in [0.25, 0.3) is 0 Å². The van der Waals surface area contributed by atoms with Crippen molar-refractivity contribution in [1.29, 1.82) is 0 Å². The Kier molecular flexibility index (Phi) is 40.1. The van der Waals surface area contributed by atoms with Crippen molar-refractivity contribution in [1.82, 2.24) is 0 Å². The molecule has 0 atom stereocenters. The Balaban J connectivity index is -0.0000000717. The standard InChI is InChI=1S/C9H22OSi.C4H10O.2H2O.Ti/c1-4-7-11(10,8-5-2)9-6-3;1-2-3-4-5;;;/h10H,4-9H2,1-3H3;5H,2-4H2,1H3;2*1H2;. The van der Waals surface area contributed by atoms with Crippen LogP contribution in [0.15, 0.2) is 0 Å². The predicted octanol–water partition coefficient (Wildman–Crippen LogP) is 2.28. The molecule has 4 nitrogen and oxygen atoms in total. The fourth-order valence-corrected chi connectivity index (χ4v) is 5.47. The summed E-state index contributed by atoms with van der Waals surface area (Å²) in [5, 5.41) is 8.07. The van der Waals surface area contributed by atoms with Crippen LogP contribution in [0.4, 0.5) is 0 Å². The van der Waals surface area contributed by atoms with Crippen molar-refractivity contribution >= 4 is 8.32 Å². The molecule has 120 valence electrons. The summed E-state index contributed by atoms with van der Waals surface area (Å²) < 4.78 is 0. The van der Waals surface area contributed by atoms with Crippen molar-refractivity contribution in [3.8, 4) is 0 Å². The summed E-state index contributed by atoms with van der Waals surface area (Å²) in [4.78, 5) is 10.2. The van der Waals surface area contributed by atoms with E-state index in [1.54, 1.807) is 0 Å². The van der Waals surface area contributed by atoms with E-state index >= 15 is 0 Å². The largest absolute Gasteiger partial charge is 0.432 e. The fraction of sp³-hybridized carbons (Fsp3) is 1.00. The van der Waals surface area contributed by atoms with E-state index < -0.39 is 8.32 Å². The summed E-state index contributed by atoms with van der Waals surface area (Å²) in [6, 6.07) is 3.32. The van der Waals surface area contributed by atoms with E-state index in [-0.39, 0.29) is 32.7 Å². The Morgan fingerprint density at radius 1 is 0.737 bits per heavy atom. The van der Waals surface area contributed by atoms with Gasteiger partial charge >= 0.3 is 0 Å². The molecule has 0 aliphatic carbocycles. The third kappa shape index (κ3) is 24.2. The third-order valence-corrected chi connectivity index (χ3v) is 6.95. The number of hydrogen-bond donors (Lipinski definition) is 2. The van der Waals surface area contributed by atoms with E-state index in [0.717, 1.165) is 50.2 Å². The van der Waals surface area contributed by atoms with Crippen molar-refractivity contribution in [3.05, 3.63) is 0 Å². The molecule has 0 heterocycles. The topological polar surface area (TPSA) is 103 Å². The Labute approximate surface area is 135 Å². The van der Waals surface area contributed by atoms with Crippen molar-refractivity contribution in [3.63, 3.8) is 0 Å². The minimum absolute atomic E-state index is 0. The molecule has 0 bridgehead atoms. The smallest absolute Gasteiger partial charge is 0.188 e. The van der Waals surface area contributed by atoms with E-state index in [0.29, 0.717) is 6.61 Å². The van der Waals surface area contributed by atoms with Crippen molar-refractivity contribution in [2.24, 2.45) is 0 Å². The van der Waals surface area contributed by atoms with Gasteiger partial charge in [0.05, 0.1) is 0 Å². The quantitative estimate of drug-likeness (QED) is 0.666. The second-order valence-electron chi connectivity index (χ2n) is 4.55. The zero-order valence-electron chi connectivity index (χ0n) is 13.3. The number of unbranched alkanes of at least 4 members (excludes halogenated alkanes) is 1. The summed E-state index contributed by atoms with van der Waals surface area (Å²) in [7, 11) is -1.75. The van der Waals surface area contributed by atoms with Crippen LogP contribution in [0.5, 0.6) is 0 Å². The second kappa shape index (κ2) is 23.8. The van der Waals surface area contributed by atoms with Gasteiger partial charge in [0, 0.05) is 28.3 Å². The zero-order chi connectivity index (χ0) is 12.9. The van der Waals surface area contributed by atoms with Gasteiger partial charge < -0.3 is 20.9 Å². The van der Waals surface area contributed by atoms with E-state index in [1.807, 2.05) is 0 Å². The minimum atomic E-state index is -1.75. The number of aliphatic hydroxyl groups is 1. The van der Waals surface area contributed by atoms with Crippen molar-refractivity contribution < 1.29 is 42.6 Å². The molecule has 0 radical (unpaired) electrons. The first-order valence-corrected chi connectivity index (χ1v) is 9.50. The Morgan fingerprint density at radius 3 is 1.16 bits per heavy atom. The van der Waals surface area contributed by atoms with Gasteiger partial charge in [0.1, 0.15) is 0 Å². The number of rotatable bonds is 8. The SMILES string of the molecule is CCCCO.CCC[Si](O)(CCC)CCC.O.O.[Ti]. The zero-order valence-corrected chi connectivity index (χ0v) is 15.8. The van der Waals surface area contributed by atoms with Gasteiger partial charge in [-0.2, -0.15) is 0 Å². The summed E-state index contributed by atoms with van der Waals surface area (Å²) in [5.41, 5.74) is 0. The second-order valence-corrected chi connectivity index (χ2v) is 8.50. The van der Waals surface area contributed by atoms with Crippen LogP contribution in [0, 0.1) is 0 Å². The van der Waals surface area contributed by atoms with Gasteiger partial charge in [0.15, 0.2) is 8.32 Å². The molecule has 0 aromatic heterocycles. The molecule has 0 saturated heterocycles. The van der Waals surface area contributed by atoms with E-state index in [9.17, 15) is 4.80 Å². The van der Waals surface area contributed by atoms with Crippen LogP contribution in [-0.2, 0) is 21.7 Å². The molecular formula is C13H36O4SiTi. The maximum Gasteiger partial charge on any atom is 0.188 e. The van der Waals surface area contributed by atoms with Gasteiger partial charge in [-0.3, -0.25) is 0 Å². The van der Waals surface area contributed by atoms with Gasteiger partial charge in [-0.1, -0.05) is 53.4 Å². The Hall–Kier alpha value is 0.771. The maximum absolute atomic E-state index is 10.2. The first-order valence-electron chi connectivity index (χ1n) is 6.93. The van der Waals surface area contributed by atoms with Gasteiger partial charge in [0.2, 0.25) is 0 Å². The molecule has 0 unspecified atom stereocenters. The third-order valence-electron chi connectivity index (χ3n) is 2.66. The number of aliphatic hydroxyl groups excluding tert-OH is 1. The average molecular weight is 332 g/mol. The van der Waals surface area contributed by atoms with Crippen molar-refractivity contribution in [2.45, 2.75) is 77.9 Å². The van der Waals surface area contributed by atoms with Crippen LogP contribution < -0.4 is 0 Å². The molecule has 0 aliphatic rings. The van der Waals surface area contributed by atoms with Crippen LogP contribution in [-0.4, -0.2) is 35.8 Å². The molecule has 6 N–H and O–H groups in total. The summed E-state index contributed by atoms with van der Waals surface area (Å²) in [5.74, 6) is 0. The van der Waals surface area contributed by atoms with Crippen LogP contribution in [0.1, 0.15) is 59.8 Å². The molecular weight excluding hydrogens is 296 g/mol. The van der Waals surface area contributed by atoms with Crippen molar-refractivity contribution in [2.75, 3.05) is 6.61 Å². The van der Waals surface area contributed by atoms with Crippen LogP contribution in [0.2, 0.25) is 18.1 Å². The van der Waals surface area contributed by atoms with Crippen LogP contribution >= 0.6 is 0 Å². The predicted molar refractivity (Wildman–Crippen MR) is 82.5 cm³/mol. The van der Waals surface area contributed by atoms with E-state index in [2.05, 4.69) is 27.7 Å². The summed E-state index contributed by atoms with van der Waals surface area (Å²) >= 11 is 0. The van der Waals surface area contributed by atoms with Gasteiger partial charge in [-0.05, 0) is 24.6 Å². The molecule has 0 fully saturated rings. The summed E-state index contributed by atoms with van der Waals surface area (Å²) in [6.07, 6.45) is 5.50. The molecule has 0 spiro atoms. The first kappa shape index (κ1) is 31.9. The molecule has 0 aromatic rings. The fourth-order valence-electron chi connectivity index (χ4n) is 1.93. The Morgan fingerprint density at radius 2 is 1.05 bits per heavy atom. The van der Waals surface area contributed by atoms with Gasteiger partial charge in [-0.25, -0.2) is 0 Å². The van der Waals surface area contributed by atoms with Crippen LogP contribution in [0.25, 0.3) is 0 Å². The molecule has 0 aromatic carbocycles. The Bertz CT molecular complexity index is 121. The molecule has 6 heteroatoms. The number of hydrogen-bond acceptors (Lipinski definition) is 2. The molecule has 0 rings (SSSR count). The van der Waals surface area contributed by atoms with E-state index in [4.69, 9.17) is 5.11 Å². The maximum atomic E-state index is 10.2. The molecule has 19 heavy (non-hydrogen) atoms. The summed E-state index contributed by atoms with van der Waals surface area (Å²) in [6.45, 7) is 8.91. The monoisotopic (exact) mass is 332 g/mol. The molecule has 0 saturated carbocycles. The molecule has 0 amide bonds. The average Bonchev–Trinajstić information content (AvgIpc) is 2.20. The first-order chi connectivity index (χ1) is 7.60. The minimum Gasteiger partial charge on any atom is -0.432 e. The van der Waals surface area contributed by atoms with E-state index in [1.165, 1.54) is 0 Å². The molecule has 0 aliphatic heterocycles. The van der Waals surface area contributed by atoms with Gasteiger partial charge in [-0.15, -0.1) is 0 Å². The normalized spacial score (nSPS) is 9.16.